The summed E-state index contributed by atoms with van der Waals surface area (Å²) < 4.78 is 38.7. The van der Waals surface area contributed by atoms with E-state index < -0.39 is 12.6 Å². The maximum absolute atomic E-state index is 12.4. The zero-order valence-corrected chi connectivity index (χ0v) is 10.8. The van der Waals surface area contributed by atoms with Gasteiger partial charge in [-0.15, -0.1) is 0 Å². The van der Waals surface area contributed by atoms with Crippen molar-refractivity contribution < 1.29 is 13.2 Å². The molecule has 0 aliphatic heterocycles. The lowest BCUT2D eigenvalue weighted by atomic mass is 10.2. The molecule has 1 aromatic heterocycles. The molecule has 4 nitrogen and oxygen atoms in total. The predicted molar refractivity (Wildman–Crippen MR) is 64.5 cm³/mol. The molecule has 1 aliphatic carbocycles. The molecule has 1 fully saturated rings. The minimum absolute atomic E-state index is 0.0862. The largest absolute Gasteiger partial charge is 0.390 e. The first kappa shape index (κ1) is 14.3. The van der Waals surface area contributed by atoms with E-state index in [1.165, 1.54) is 6.33 Å². The van der Waals surface area contributed by atoms with Crippen LogP contribution in [0.2, 0.25) is 0 Å². The average molecular weight is 276 g/mol. The fourth-order valence-electron chi connectivity index (χ4n) is 2.60. The van der Waals surface area contributed by atoms with E-state index in [0.717, 1.165) is 25.7 Å². The lowest BCUT2D eigenvalue weighted by molar-refractivity contribution is -0.139. The summed E-state index contributed by atoms with van der Waals surface area (Å²) in [4.78, 5) is 5.80. The molecule has 1 heterocycles. The van der Waals surface area contributed by atoms with E-state index in [1.54, 1.807) is 11.0 Å². The van der Waals surface area contributed by atoms with Gasteiger partial charge in [0.05, 0.1) is 13.0 Å². The summed E-state index contributed by atoms with van der Waals surface area (Å²) in [6.45, 7) is 1.28. The van der Waals surface area contributed by atoms with E-state index in [2.05, 4.69) is 10.1 Å². The second-order valence-corrected chi connectivity index (χ2v) is 5.00. The molecular formula is C12H19F3N4. The molecular weight excluding hydrogens is 257 g/mol. The Kier molecular flexibility index (Phi) is 4.79. The van der Waals surface area contributed by atoms with Crippen LogP contribution in [0.5, 0.6) is 0 Å². The maximum Gasteiger partial charge on any atom is 0.390 e. The first-order valence-electron chi connectivity index (χ1n) is 6.68. The van der Waals surface area contributed by atoms with Crippen LogP contribution in [-0.4, -0.2) is 45.0 Å². The maximum atomic E-state index is 12.4. The molecule has 19 heavy (non-hydrogen) atoms. The number of aromatic nitrogens is 3. The Labute approximate surface area is 110 Å². The van der Waals surface area contributed by atoms with Crippen LogP contribution in [0.3, 0.4) is 0 Å². The van der Waals surface area contributed by atoms with Crippen molar-refractivity contribution in [2.24, 2.45) is 0 Å². The molecule has 1 aromatic rings. The van der Waals surface area contributed by atoms with Gasteiger partial charge in [-0.1, -0.05) is 12.8 Å². The van der Waals surface area contributed by atoms with Crippen molar-refractivity contribution in [2.45, 2.75) is 50.9 Å². The van der Waals surface area contributed by atoms with Gasteiger partial charge in [-0.05, 0) is 12.8 Å². The first-order chi connectivity index (χ1) is 9.04. The molecule has 0 saturated heterocycles. The third kappa shape index (κ3) is 4.81. The van der Waals surface area contributed by atoms with Gasteiger partial charge in [-0.3, -0.25) is 9.58 Å². The SMILES string of the molecule is FC(F)(F)CCN(CCn1cncn1)C1CCCC1. The molecule has 0 spiro atoms. The Bertz CT molecular complexity index is 358. The lowest BCUT2D eigenvalue weighted by Crippen LogP contribution is -2.38. The average Bonchev–Trinajstić information content (AvgIpc) is 2.99. The summed E-state index contributed by atoms with van der Waals surface area (Å²) in [6.07, 6.45) is 2.48. The van der Waals surface area contributed by atoms with E-state index >= 15 is 0 Å². The second-order valence-electron chi connectivity index (χ2n) is 5.00. The number of alkyl halides is 3. The van der Waals surface area contributed by atoms with E-state index in [-0.39, 0.29) is 6.54 Å². The number of rotatable bonds is 6. The highest BCUT2D eigenvalue weighted by Gasteiger charge is 2.30. The van der Waals surface area contributed by atoms with Crippen molar-refractivity contribution in [3.8, 4) is 0 Å². The van der Waals surface area contributed by atoms with Gasteiger partial charge in [-0.2, -0.15) is 18.3 Å². The molecule has 0 amide bonds. The Morgan fingerprint density at radius 3 is 2.53 bits per heavy atom. The summed E-state index contributed by atoms with van der Waals surface area (Å²) in [7, 11) is 0. The topological polar surface area (TPSA) is 34.0 Å². The van der Waals surface area contributed by atoms with Gasteiger partial charge in [0.15, 0.2) is 0 Å². The highest BCUT2D eigenvalue weighted by atomic mass is 19.4. The van der Waals surface area contributed by atoms with Crippen molar-refractivity contribution in [3.05, 3.63) is 12.7 Å². The molecule has 108 valence electrons. The summed E-state index contributed by atoms with van der Waals surface area (Å²) in [5, 5.41) is 3.98. The van der Waals surface area contributed by atoms with Crippen LogP contribution in [0.4, 0.5) is 13.2 Å². The molecule has 0 radical (unpaired) electrons. The molecule has 0 unspecified atom stereocenters. The molecule has 7 heteroatoms. The fourth-order valence-corrected chi connectivity index (χ4v) is 2.60. The molecule has 1 aliphatic rings. The highest BCUT2D eigenvalue weighted by Crippen LogP contribution is 2.26. The smallest absolute Gasteiger partial charge is 0.298 e. The number of halogens is 3. The zero-order valence-electron chi connectivity index (χ0n) is 10.8. The minimum atomic E-state index is -4.08. The summed E-state index contributed by atoms with van der Waals surface area (Å²) in [5.41, 5.74) is 0. The number of hydrogen-bond acceptors (Lipinski definition) is 3. The molecule has 0 bridgehead atoms. The predicted octanol–water partition coefficient (Wildman–Crippen LogP) is 2.48. The zero-order chi connectivity index (χ0) is 13.7. The monoisotopic (exact) mass is 276 g/mol. The third-order valence-corrected chi connectivity index (χ3v) is 3.61. The van der Waals surface area contributed by atoms with Crippen LogP contribution in [0.25, 0.3) is 0 Å². The van der Waals surface area contributed by atoms with E-state index in [0.29, 0.717) is 19.1 Å². The first-order valence-corrected chi connectivity index (χ1v) is 6.68. The fraction of sp³-hybridized carbons (Fsp3) is 0.833. The Balaban J connectivity index is 1.85. The van der Waals surface area contributed by atoms with Crippen molar-refractivity contribution in [1.82, 2.24) is 19.7 Å². The quantitative estimate of drug-likeness (QED) is 0.800. The van der Waals surface area contributed by atoms with Crippen LogP contribution < -0.4 is 0 Å². The van der Waals surface area contributed by atoms with Crippen LogP contribution in [0.1, 0.15) is 32.1 Å². The van der Waals surface area contributed by atoms with Gasteiger partial charge in [0.2, 0.25) is 0 Å². The van der Waals surface area contributed by atoms with Gasteiger partial charge in [0.1, 0.15) is 12.7 Å². The van der Waals surface area contributed by atoms with Crippen molar-refractivity contribution in [2.75, 3.05) is 13.1 Å². The van der Waals surface area contributed by atoms with Gasteiger partial charge < -0.3 is 0 Å². The van der Waals surface area contributed by atoms with Gasteiger partial charge in [-0.25, -0.2) is 4.98 Å². The third-order valence-electron chi connectivity index (χ3n) is 3.61. The molecule has 1 saturated carbocycles. The lowest BCUT2D eigenvalue weighted by Gasteiger charge is -2.29. The Morgan fingerprint density at radius 2 is 1.95 bits per heavy atom. The van der Waals surface area contributed by atoms with Crippen molar-refractivity contribution in [3.63, 3.8) is 0 Å². The Morgan fingerprint density at radius 1 is 1.21 bits per heavy atom. The standard InChI is InChI=1S/C12H19F3N4/c13-12(14,15)5-6-18(11-3-1-2-4-11)7-8-19-10-16-9-17-19/h9-11H,1-8H2. The molecule has 0 aromatic carbocycles. The summed E-state index contributed by atoms with van der Waals surface area (Å²) in [6, 6.07) is 0.297. The molecule has 0 N–H and O–H groups in total. The molecule has 2 rings (SSSR count). The summed E-state index contributed by atoms with van der Waals surface area (Å²) in [5.74, 6) is 0. The number of hydrogen-bond donors (Lipinski definition) is 0. The molecule has 0 atom stereocenters. The van der Waals surface area contributed by atoms with Crippen LogP contribution in [0.15, 0.2) is 12.7 Å². The highest BCUT2D eigenvalue weighted by molar-refractivity contribution is 4.78. The van der Waals surface area contributed by atoms with Crippen molar-refractivity contribution in [1.29, 1.82) is 0 Å². The van der Waals surface area contributed by atoms with E-state index in [4.69, 9.17) is 0 Å². The van der Waals surface area contributed by atoms with Gasteiger partial charge in [0, 0.05) is 19.1 Å². The van der Waals surface area contributed by atoms with E-state index in [1.807, 2.05) is 4.90 Å². The Hall–Kier alpha value is -1.11. The van der Waals surface area contributed by atoms with E-state index in [9.17, 15) is 13.2 Å². The normalized spacial score (nSPS) is 17.5. The van der Waals surface area contributed by atoms with Gasteiger partial charge >= 0.3 is 6.18 Å². The van der Waals surface area contributed by atoms with Crippen molar-refractivity contribution >= 4 is 0 Å². The summed E-state index contributed by atoms with van der Waals surface area (Å²) >= 11 is 0. The second kappa shape index (κ2) is 6.36. The van der Waals surface area contributed by atoms with Crippen LogP contribution in [0, 0.1) is 0 Å². The van der Waals surface area contributed by atoms with Crippen LogP contribution in [-0.2, 0) is 6.54 Å². The van der Waals surface area contributed by atoms with Crippen LogP contribution >= 0.6 is 0 Å². The van der Waals surface area contributed by atoms with Gasteiger partial charge in [0.25, 0.3) is 0 Å². The minimum Gasteiger partial charge on any atom is -0.298 e. The number of nitrogens with zero attached hydrogens (tertiary/aromatic N) is 4.